The topological polar surface area (TPSA) is 34.9 Å². The molecule has 0 amide bonds. The van der Waals surface area contributed by atoms with Gasteiger partial charge >= 0.3 is 0 Å². The third-order valence-corrected chi connectivity index (χ3v) is 2.05. The van der Waals surface area contributed by atoms with Gasteiger partial charge in [0.2, 0.25) is 0 Å². The van der Waals surface area contributed by atoms with E-state index in [1.54, 1.807) is 0 Å². The van der Waals surface area contributed by atoms with E-state index in [1.807, 2.05) is 10.9 Å². The van der Waals surface area contributed by atoms with Crippen LogP contribution >= 0.6 is 0 Å². The molecule has 0 atom stereocenters. The first-order chi connectivity index (χ1) is 6.54. The van der Waals surface area contributed by atoms with E-state index in [0.717, 1.165) is 24.1 Å². The van der Waals surface area contributed by atoms with Crippen molar-refractivity contribution < 1.29 is 4.79 Å². The molecule has 0 bridgehead atoms. The third-order valence-electron chi connectivity index (χ3n) is 2.05. The molecule has 0 aromatic carbocycles. The molecule has 14 heavy (non-hydrogen) atoms. The maximum absolute atomic E-state index is 10.8. The summed E-state index contributed by atoms with van der Waals surface area (Å²) in [5.41, 5.74) is 1.63. The van der Waals surface area contributed by atoms with E-state index in [4.69, 9.17) is 0 Å². The molecular weight excluding hydrogens is 176 g/mol. The first-order valence-corrected chi connectivity index (χ1v) is 5.07. The second-order valence-electron chi connectivity index (χ2n) is 4.36. The van der Waals surface area contributed by atoms with Crippen LogP contribution in [0.4, 0.5) is 0 Å². The fraction of sp³-hybridized carbons (Fsp3) is 0.636. The maximum Gasteiger partial charge on any atom is 0.153 e. The second kappa shape index (κ2) is 4.40. The van der Waals surface area contributed by atoms with Crippen molar-refractivity contribution in [2.75, 3.05) is 0 Å². The van der Waals surface area contributed by atoms with Gasteiger partial charge in [-0.1, -0.05) is 27.7 Å². The predicted molar refractivity (Wildman–Crippen MR) is 56.5 cm³/mol. The molecule has 0 N–H and O–H groups in total. The van der Waals surface area contributed by atoms with Gasteiger partial charge in [0.15, 0.2) is 6.29 Å². The van der Waals surface area contributed by atoms with Crippen LogP contribution in [0.25, 0.3) is 0 Å². The van der Waals surface area contributed by atoms with E-state index in [2.05, 4.69) is 32.8 Å². The molecule has 0 unspecified atom stereocenters. The van der Waals surface area contributed by atoms with Gasteiger partial charge in [0.1, 0.15) is 0 Å². The van der Waals surface area contributed by atoms with Crippen molar-refractivity contribution in [3.05, 3.63) is 17.5 Å². The van der Waals surface area contributed by atoms with Crippen molar-refractivity contribution >= 4 is 6.29 Å². The Morgan fingerprint density at radius 1 is 1.43 bits per heavy atom. The molecule has 0 aliphatic carbocycles. The lowest BCUT2D eigenvalue weighted by Gasteiger charge is -2.04. The summed E-state index contributed by atoms with van der Waals surface area (Å²) in [7, 11) is 0. The first-order valence-electron chi connectivity index (χ1n) is 5.07. The Labute approximate surface area is 85.1 Å². The Morgan fingerprint density at radius 2 is 2.07 bits per heavy atom. The van der Waals surface area contributed by atoms with Gasteiger partial charge in [0.25, 0.3) is 0 Å². The van der Waals surface area contributed by atoms with Crippen molar-refractivity contribution in [2.45, 2.75) is 40.2 Å². The standard InChI is InChI=1S/C11H18N2O/c1-8(2)5-13-6-10(7-14)11(12-13)9(3)4/h6-9H,5H2,1-4H3. The van der Waals surface area contributed by atoms with Gasteiger partial charge in [-0.3, -0.25) is 9.48 Å². The zero-order valence-corrected chi connectivity index (χ0v) is 9.32. The van der Waals surface area contributed by atoms with E-state index in [1.165, 1.54) is 0 Å². The maximum atomic E-state index is 10.8. The van der Waals surface area contributed by atoms with Crippen LogP contribution in [0.1, 0.15) is 49.7 Å². The Bertz CT molecular complexity index is 313. The molecule has 3 heteroatoms. The number of aromatic nitrogens is 2. The summed E-state index contributed by atoms with van der Waals surface area (Å²) in [5, 5.41) is 4.41. The Morgan fingerprint density at radius 3 is 2.43 bits per heavy atom. The number of carbonyl (C=O) groups excluding carboxylic acids is 1. The van der Waals surface area contributed by atoms with Crippen LogP contribution < -0.4 is 0 Å². The summed E-state index contributed by atoms with van der Waals surface area (Å²) in [6, 6.07) is 0. The highest BCUT2D eigenvalue weighted by Gasteiger charge is 2.11. The van der Waals surface area contributed by atoms with Gasteiger partial charge in [-0.15, -0.1) is 0 Å². The summed E-state index contributed by atoms with van der Waals surface area (Å²) in [5.74, 6) is 0.859. The molecule has 0 saturated heterocycles. The number of carbonyl (C=O) groups is 1. The van der Waals surface area contributed by atoms with Gasteiger partial charge in [-0.05, 0) is 11.8 Å². The minimum atomic E-state index is 0.309. The minimum absolute atomic E-state index is 0.309. The van der Waals surface area contributed by atoms with E-state index in [-0.39, 0.29) is 0 Å². The lowest BCUT2D eigenvalue weighted by Crippen LogP contribution is -2.05. The number of hydrogen-bond donors (Lipinski definition) is 0. The van der Waals surface area contributed by atoms with Crippen LogP contribution in [-0.4, -0.2) is 16.1 Å². The summed E-state index contributed by atoms with van der Waals surface area (Å²) in [4.78, 5) is 10.8. The van der Waals surface area contributed by atoms with Crippen LogP contribution in [0.3, 0.4) is 0 Å². The molecule has 0 aliphatic rings. The monoisotopic (exact) mass is 194 g/mol. The fourth-order valence-corrected chi connectivity index (χ4v) is 1.46. The quantitative estimate of drug-likeness (QED) is 0.690. The van der Waals surface area contributed by atoms with Crippen LogP contribution in [0.15, 0.2) is 6.20 Å². The zero-order chi connectivity index (χ0) is 10.7. The molecule has 78 valence electrons. The van der Waals surface area contributed by atoms with Crippen LogP contribution in [-0.2, 0) is 6.54 Å². The largest absolute Gasteiger partial charge is 0.298 e. The number of hydrogen-bond acceptors (Lipinski definition) is 2. The number of rotatable bonds is 4. The molecule has 0 saturated carbocycles. The Hall–Kier alpha value is -1.12. The summed E-state index contributed by atoms with van der Waals surface area (Å²) in [6.07, 6.45) is 2.72. The van der Waals surface area contributed by atoms with Gasteiger partial charge in [0, 0.05) is 12.7 Å². The van der Waals surface area contributed by atoms with Crippen LogP contribution in [0, 0.1) is 5.92 Å². The van der Waals surface area contributed by atoms with Gasteiger partial charge in [0.05, 0.1) is 11.3 Å². The van der Waals surface area contributed by atoms with Crippen molar-refractivity contribution in [3.8, 4) is 0 Å². The SMILES string of the molecule is CC(C)Cn1cc(C=O)c(C(C)C)n1. The molecule has 1 aromatic rings. The molecule has 0 radical (unpaired) electrons. The Kier molecular flexibility index (Phi) is 3.44. The van der Waals surface area contributed by atoms with E-state index < -0.39 is 0 Å². The summed E-state index contributed by atoms with van der Waals surface area (Å²) in [6.45, 7) is 9.24. The van der Waals surface area contributed by atoms with Gasteiger partial charge in [-0.25, -0.2) is 0 Å². The second-order valence-corrected chi connectivity index (χ2v) is 4.36. The predicted octanol–water partition coefficient (Wildman–Crippen LogP) is 2.48. The number of nitrogens with zero attached hydrogens (tertiary/aromatic N) is 2. The number of aldehydes is 1. The normalized spacial score (nSPS) is 11.3. The fourth-order valence-electron chi connectivity index (χ4n) is 1.46. The highest BCUT2D eigenvalue weighted by Crippen LogP contribution is 2.16. The van der Waals surface area contributed by atoms with Gasteiger partial charge < -0.3 is 0 Å². The zero-order valence-electron chi connectivity index (χ0n) is 9.32. The van der Waals surface area contributed by atoms with E-state index in [9.17, 15) is 4.79 Å². The molecule has 0 aliphatic heterocycles. The Balaban J connectivity index is 2.94. The summed E-state index contributed by atoms with van der Waals surface area (Å²) < 4.78 is 1.86. The van der Waals surface area contributed by atoms with Crippen molar-refractivity contribution in [1.82, 2.24) is 9.78 Å². The third kappa shape index (κ3) is 2.44. The summed E-state index contributed by atoms with van der Waals surface area (Å²) >= 11 is 0. The van der Waals surface area contributed by atoms with Crippen LogP contribution in [0.5, 0.6) is 0 Å². The van der Waals surface area contributed by atoms with Crippen molar-refractivity contribution in [3.63, 3.8) is 0 Å². The average molecular weight is 194 g/mol. The average Bonchev–Trinajstić information content (AvgIpc) is 2.46. The molecule has 1 heterocycles. The molecule has 0 spiro atoms. The van der Waals surface area contributed by atoms with Crippen molar-refractivity contribution in [1.29, 1.82) is 0 Å². The lowest BCUT2D eigenvalue weighted by atomic mass is 10.1. The molecular formula is C11H18N2O. The molecule has 1 rings (SSSR count). The van der Waals surface area contributed by atoms with E-state index in [0.29, 0.717) is 11.8 Å². The lowest BCUT2D eigenvalue weighted by molar-refractivity contribution is 0.112. The molecule has 0 fully saturated rings. The first kappa shape index (κ1) is 11.0. The van der Waals surface area contributed by atoms with E-state index >= 15 is 0 Å². The molecule has 3 nitrogen and oxygen atoms in total. The smallest absolute Gasteiger partial charge is 0.153 e. The van der Waals surface area contributed by atoms with Crippen LogP contribution in [0.2, 0.25) is 0 Å². The molecule has 1 aromatic heterocycles. The highest BCUT2D eigenvalue weighted by atomic mass is 16.1. The highest BCUT2D eigenvalue weighted by molar-refractivity contribution is 5.76. The van der Waals surface area contributed by atoms with Crippen molar-refractivity contribution in [2.24, 2.45) is 5.92 Å². The minimum Gasteiger partial charge on any atom is -0.298 e. The van der Waals surface area contributed by atoms with Gasteiger partial charge in [-0.2, -0.15) is 5.10 Å².